The highest BCUT2D eigenvalue weighted by Gasteiger charge is 2.15. The van der Waals surface area contributed by atoms with Crippen LogP contribution in [0.2, 0.25) is 0 Å². The Morgan fingerprint density at radius 2 is 1.96 bits per heavy atom. The highest BCUT2D eigenvalue weighted by atomic mass is 16.5. The maximum Gasteiger partial charge on any atom is 0.240 e. The van der Waals surface area contributed by atoms with Crippen LogP contribution in [0.25, 0.3) is 10.9 Å². The lowest BCUT2D eigenvalue weighted by Crippen LogP contribution is -2.37. The monoisotopic (exact) mass is 379 g/mol. The fourth-order valence-corrected chi connectivity index (χ4v) is 3.62. The molecule has 1 aliphatic rings. The first kappa shape index (κ1) is 18.4. The highest BCUT2D eigenvalue weighted by molar-refractivity contribution is 5.84. The fraction of sp³-hybridized carbons (Fsp3) is 0.318. The summed E-state index contributed by atoms with van der Waals surface area (Å²) in [7, 11) is 1.65. The van der Waals surface area contributed by atoms with E-state index in [0.717, 1.165) is 48.5 Å². The van der Waals surface area contributed by atoms with E-state index in [1.807, 2.05) is 47.2 Å². The number of hydrogen-bond acceptors (Lipinski definition) is 4. The summed E-state index contributed by atoms with van der Waals surface area (Å²) in [5.74, 6) is 0.805. The van der Waals surface area contributed by atoms with Crippen molar-refractivity contribution in [2.24, 2.45) is 0 Å². The quantitative estimate of drug-likeness (QED) is 0.716. The summed E-state index contributed by atoms with van der Waals surface area (Å²) in [5, 5.41) is 4.12. The number of amides is 1. The summed E-state index contributed by atoms with van der Waals surface area (Å²) >= 11 is 0. The van der Waals surface area contributed by atoms with Gasteiger partial charge in [0.2, 0.25) is 5.91 Å². The van der Waals surface area contributed by atoms with E-state index >= 15 is 0 Å². The van der Waals surface area contributed by atoms with E-state index < -0.39 is 0 Å². The molecule has 2 heterocycles. The Hall–Kier alpha value is -2.99. The molecule has 0 spiro atoms. The Morgan fingerprint density at radius 1 is 1.14 bits per heavy atom. The Balaban J connectivity index is 1.41. The standard InChI is InChI=1S/C22H25N3O3/c1-27-19-6-7-21-17(14-19)8-9-25(21)16-22(26)23-15-18-4-2-3-5-20(18)24-10-12-28-13-11-24/h2-9,14H,10-13,15-16H2,1H3,(H,23,26). The molecule has 1 amide bonds. The second kappa shape index (κ2) is 8.35. The van der Waals surface area contributed by atoms with E-state index in [2.05, 4.69) is 22.3 Å². The van der Waals surface area contributed by atoms with Crippen LogP contribution in [0.1, 0.15) is 5.56 Å². The van der Waals surface area contributed by atoms with Gasteiger partial charge in [-0.25, -0.2) is 0 Å². The van der Waals surface area contributed by atoms with E-state index in [-0.39, 0.29) is 12.5 Å². The molecule has 146 valence electrons. The average Bonchev–Trinajstić information content (AvgIpc) is 3.15. The minimum absolute atomic E-state index is 0.00917. The molecule has 0 unspecified atom stereocenters. The lowest BCUT2D eigenvalue weighted by molar-refractivity contribution is -0.121. The minimum Gasteiger partial charge on any atom is -0.497 e. The number of aromatic nitrogens is 1. The third-order valence-corrected chi connectivity index (χ3v) is 5.11. The van der Waals surface area contributed by atoms with Crippen molar-refractivity contribution in [3.8, 4) is 5.75 Å². The van der Waals surface area contributed by atoms with Crippen LogP contribution in [0, 0.1) is 0 Å². The van der Waals surface area contributed by atoms with Gasteiger partial charge in [-0.1, -0.05) is 18.2 Å². The molecule has 1 fully saturated rings. The molecule has 0 aliphatic carbocycles. The molecule has 1 aromatic heterocycles. The number of nitrogens with zero attached hydrogens (tertiary/aromatic N) is 2. The lowest BCUT2D eigenvalue weighted by atomic mass is 10.1. The van der Waals surface area contributed by atoms with E-state index in [1.54, 1.807) is 7.11 Å². The number of morpholine rings is 1. The Bertz CT molecular complexity index is 961. The van der Waals surface area contributed by atoms with E-state index in [4.69, 9.17) is 9.47 Å². The second-order valence-corrected chi connectivity index (χ2v) is 6.87. The van der Waals surface area contributed by atoms with Gasteiger partial charge in [0, 0.05) is 42.4 Å². The molecule has 1 N–H and O–H groups in total. The van der Waals surface area contributed by atoms with Crippen LogP contribution in [0.3, 0.4) is 0 Å². The van der Waals surface area contributed by atoms with Crippen molar-refractivity contribution in [3.63, 3.8) is 0 Å². The number of nitrogens with one attached hydrogen (secondary N) is 1. The van der Waals surface area contributed by atoms with E-state index in [1.165, 1.54) is 5.69 Å². The summed E-state index contributed by atoms with van der Waals surface area (Å²) in [6, 6.07) is 16.1. The van der Waals surface area contributed by atoms with Gasteiger partial charge in [-0.2, -0.15) is 0 Å². The number of ether oxygens (including phenoxy) is 2. The van der Waals surface area contributed by atoms with Gasteiger partial charge in [-0.15, -0.1) is 0 Å². The lowest BCUT2D eigenvalue weighted by Gasteiger charge is -2.30. The van der Waals surface area contributed by atoms with Gasteiger partial charge in [0.05, 0.1) is 20.3 Å². The van der Waals surface area contributed by atoms with Gasteiger partial charge < -0.3 is 24.3 Å². The van der Waals surface area contributed by atoms with Gasteiger partial charge in [-0.3, -0.25) is 4.79 Å². The maximum atomic E-state index is 12.5. The molecule has 0 saturated carbocycles. The predicted octanol–water partition coefficient (Wildman–Crippen LogP) is 2.80. The Morgan fingerprint density at radius 3 is 2.79 bits per heavy atom. The molecule has 0 atom stereocenters. The Labute approximate surface area is 164 Å². The molecule has 6 nitrogen and oxygen atoms in total. The second-order valence-electron chi connectivity index (χ2n) is 6.87. The first-order valence-corrected chi connectivity index (χ1v) is 9.55. The summed E-state index contributed by atoms with van der Waals surface area (Å²) in [5.41, 5.74) is 3.31. The van der Waals surface area contributed by atoms with Crippen molar-refractivity contribution in [1.29, 1.82) is 0 Å². The number of methoxy groups -OCH3 is 1. The van der Waals surface area contributed by atoms with Crippen LogP contribution >= 0.6 is 0 Å². The molecule has 0 bridgehead atoms. The summed E-state index contributed by atoms with van der Waals surface area (Å²) in [6.45, 7) is 4.04. The highest BCUT2D eigenvalue weighted by Crippen LogP contribution is 2.23. The van der Waals surface area contributed by atoms with Crippen molar-refractivity contribution in [3.05, 3.63) is 60.3 Å². The van der Waals surface area contributed by atoms with Crippen molar-refractivity contribution >= 4 is 22.5 Å². The number of hydrogen-bond donors (Lipinski definition) is 1. The number of fused-ring (bicyclic) bond motifs is 1. The van der Waals surface area contributed by atoms with Crippen LogP contribution in [0.5, 0.6) is 5.75 Å². The maximum absolute atomic E-state index is 12.5. The van der Waals surface area contributed by atoms with Crippen LogP contribution < -0.4 is 15.0 Å². The van der Waals surface area contributed by atoms with Gasteiger partial charge in [-0.05, 0) is 35.9 Å². The van der Waals surface area contributed by atoms with Gasteiger partial charge in [0.1, 0.15) is 12.3 Å². The molecule has 1 saturated heterocycles. The first-order chi connectivity index (χ1) is 13.7. The smallest absolute Gasteiger partial charge is 0.240 e. The van der Waals surface area contributed by atoms with Crippen LogP contribution in [0.15, 0.2) is 54.7 Å². The largest absolute Gasteiger partial charge is 0.497 e. The van der Waals surface area contributed by atoms with Gasteiger partial charge in [0.25, 0.3) is 0 Å². The van der Waals surface area contributed by atoms with Crippen LogP contribution in [-0.4, -0.2) is 43.9 Å². The zero-order chi connectivity index (χ0) is 19.3. The summed E-state index contributed by atoms with van der Waals surface area (Å²) in [6.07, 6.45) is 1.94. The normalized spacial score (nSPS) is 14.2. The number of carbonyl (C=O) groups is 1. The molecule has 1 aliphatic heterocycles. The number of anilines is 1. The molecule has 3 aromatic rings. The molecular formula is C22H25N3O3. The van der Waals surface area contributed by atoms with E-state index in [9.17, 15) is 4.79 Å². The summed E-state index contributed by atoms with van der Waals surface area (Å²) in [4.78, 5) is 14.9. The molecule has 0 radical (unpaired) electrons. The molecule has 2 aromatic carbocycles. The van der Waals surface area contributed by atoms with E-state index in [0.29, 0.717) is 6.54 Å². The number of benzene rings is 2. The fourth-order valence-electron chi connectivity index (χ4n) is 3.62. The number of carbonyl (C=O) groups excluding carboxylic acids is 1. The molecule has 6 heteroatoms. The zero-order valence-corrected chi connectivity index (χ0v) is 16.1. The zero-order valence-electron chi connectivity index (χ0n) is 16.1. The minimum atomic E-state index is -0.00917. The van der Waals surface area contributed by atoms with Crippen molar-refractivity contribution in [1.82, 2.24) is 9.88 Å². The van der Waals surface area contributed by atoms with Gasteiger partial charge >= 0.3 is 0 Å². The van der Waals surface area contributed by atoms with Crippen LogP contribution in [-0.2, 0) is 22.6 Å². The Kier molecular flexibility index (Phi) is 5.48. The molecular weight excluding hydrogens is 354 g/mol. The van der Waals surface area contributed by atoms with Crippen molar-refractivity contribution in [2.45, 2.75) is 13.1 Å². The van der Waals surface area contributed by atoms with Crippen molar-refractivity contribution in [2.75, 3.05) is 38.3 Å². The first-order valence-electron chi connectivity index (χ1n) is 9.55. The third-order valence-electron chi connectivity index (χ3n) is 5.11. The van der Waals surface area contributed by atoms with Crippen molar-refractivity contribution < 1.29 is 14.3 Å². The topological polar surface area (TPSA) is 55.7 Å². The van der Waals surface area contributed by atoms with Gasteiger partial charge in [0.15, 0.2) is 0 Å². The third kappa shape index (κ3) is 3.97. The number of rotatable bonds is 6. The molecule has 28 heavy (non-hydrogen) atoms. The summed E-state index contributed by atoms with van der Waals surface area (Å²) < 4.78 is 12.7. The number of para-hydroxylation sites is 1. The average molecular weight is 379 g/mol. The molecule has 4 rings (SSSR count). The van der Waals surface area contributed by atoms with Crippen LogP contribution in [0.4, 0.5) is 5.69 Å². The SMILES string of the molecule is COc1ccc2c(ccn2CC(=O)NCc2ccccc2N2CCOCC2)c1. The predicted molar refractivity (Wildman–Crippen MR) is 110 cm³/mol.